The number of benzene rings is 1. The first-order valence-electron chi connectivity index (χ1n) is 7.28. The molecule has 2 aromatic rings. The van der Waals surface area contributed by atoms with Crippen molar-refractivity contribution in [1.82, 2.24) is 4.57 Å². The quantitative estimate of drug-likeness (QED) is 0.923. The Morgan fingerprint density at radius 3 is 2.60 bits per heavy atom. The Bertz CT molecular complexity index is 627. The van der Waals surface area contributed by atoms with Gasteiger partial charge in [-0.25, -0.2) is 0 Å². The monoisotopic (exact) mass is 268 g/mol. The van der Waals surface area contributed by atoms with Gasteiger partial charge in [-0.15, -0.1) is 0 Å². The molecule has 0 radical (unpaired) electrons. The normalized spacial score (nSPS) is 21.2. The molecule has 104 valence electrons. The van der Waals surface area contributed by atoms with Crippen LogP contribution in [0.3, 0.4) is 0 Å². The van der Waals surface area contributed by atoms with Crippen molar-refractivity contribution in [2.45, 2.75) is 38.3 Å². The number of aryl methyl sites for hydroxylation is 1. The Kier molecular flexibility index (Phi) is 3.59. The molecule has 1 aliphatic carbocycles. The lowest BCUT2D eigenvalue weighted by molar-refractivity contribution is 0.374. The van der Waals surface area contributed by atoms with Crippen molar-refractivity contribution in [2.75, 3.05) is 5.32 Å². The molecule has 0 atom stereocenters. The highest BCUT2D eigenvalue weighted by molar-refractivity contribution is 5.42. The van der Waals surface area contributed by atoms with Gasteiger partial charge in [-0.05, 0) is 37.3 Å². The second-order valence-corrected chi connectivity index (χ2v) is 5.46. The van der Waals surface area contributed by atoms with Crippen molar-refractivity contribution in [2.24, 2.45) is 0 Å². The summed E-state index contributed by atoms with van der Waals surface area (Å²) < 4.78 is 1.73. The maximum atomic E-state index is 11.5. The Hall–Kier alpha value is -2.03. The second-order valence-electron chi connectivity index (χ2n) is 5.46. The van der Waals surface area contributed by atoms with Gasteiger partial charge in [0.15, 0.2) is 0 Å². The molecule has 1 N–H and O–H groups in total. The maximum absolute atomic E-state index is 11.5. The van der Waals surface area contributed by atoms with E-state index in [9.17, 15) is 4.79 Å². The van der Waals surface area contributed by atoms with Gasteiger partial charge in [0.2, 0.25) is 0 Å². The van der Waals surface area contributed by atoms with Crippen LogP contribution < -0.4 is 10.9 Å². The van der Waals surface area contributed by atoms with E-state index in [0.717, 1.165) is 18.5 Å². The average molecular weight is 268 g/mol. The zero-order valence-corrected chi connectivity index (χ0v) is 11.8. The first-order chi connectivity index (χ1) is 9.76. The summed E-state index contributed by atoms with van der Waals surface area (Å²) in [6.07, 6.45) is 4.24. The minimum absolute atomic E-state index is 0.0637. The van der Waals surface area contributed by atoms with Crippen molar-refractivity contribution in [1.29, 1.82) is 0 Å². The molecule has 1 fully saturated rings. The van der Waals surface area contributed by atoms with Crippen molar-refractivity contribution < 1.29 is 0 Å². The summed E-state index contributed by atoms with van der Waals surface area (Å²) in [6.45, 7) is 2.70. The molecule has 1 heterocycles. The fourth-order valence-corrected chi connectivity index (χ4v) is 2.83. The van der Waals surface area contributed by atoms with Crippen LogP contribution in [0.15, 0.2) is 53.5 Å². The molecule has 1 aromatic carbocycles. The third-order valence-electron chi connectivity index (χ3n) is 4.10. The SMILES string of the molecule is CCn1cc(NC2CC(c3ccccc3)C2)ccc1=O. The first kappa shape index (κ1) is 13.0. The molecule has 1 aromatic heterocycles. The smallest absolute Gasteiger partial charge is 0.250 e. The molecule has 0 saturated heterocycles. The van der Waals surface area contributed by atoms with E-state index in [1.807, 2.05) is 19.2 Å². The van der Waals surface area contributed by atoms with Crippen LogP contribution in [0.1, 0.15) is 31.2 Å². The van der Waals surface area contributed by atoms with Gasteiger partial charge in [-0.2, -0.15) is 0 Å². The fraction of sp³-hybridized carbons (Fsp3) is 0.353. The molecule has 1 saturated carbocycles. The van der Waals surface area contributed by atoms with Gasteiger partial charge in [0, 0.05) is 24.8 Å². The lowest BCUT2D eigenvalue weighted by atomic mass is 9.76. The summed E-state index contributed by atoms with van der Waals surface area (Å²) in [5.74, 6) is 0.672. The lowest BCUT2D eigenvalue weighted by Gasteiger charge is -2.37. The van der Waals surface area contributed by atoms with Gasteiger partial charge in [0.1, 0.15) is 0 Å². The van der Waals surface area contributed by atoms with Gasteiger partial charge in [0.05, 0.1) is 5.69 Å². The van der Waals surface area contributed by atoms with Crippen LogP contribution in [0.4, 0.5) is 5.69 Å². The van der Waals surface area contributed by atoms with Gasteiger partial charge >= 0.3 is 0 Å². The van der Waals surface area contributed by atoms with Crippen LogP contribution >= 0.6 is 0 Å². The second kappa shape index (κ2) is 5.53. The van der Waals surface area contributed by atoms with Crippen LogP contribution in [-0.2, 0) is 6.54 Å². The van der Waals surface area contributed by atoms with Crippen molar-refractivity contribution in [3.8, 4) is 0 Å². The molecule has 0 unspecified atom stereocenters. The molecule has 20 heavy (non-hydrogen) atoms. The molecule has 3 rings (SSSR count). The lowest BCUT2D eigenvalue weighted by Crippen LogP contribution is -2.34. The van der Waals surface area contributed by atoms with E-state index in [1.165, 1.54) is 5.56 Å². The highest BCUT2D eigenvalue weighted by Gasteiger charge is 2.29. The summed E-state index contributed by atoms with van der Waals surface area (Å²) in [5, 5.41) is 3.52. The molecule has 0 bridgehead atoms. The van der Waals surface area contributed by atoms with Gasteiger partial charge in [-0.1, -0.05) is 30.3 Å². The summed E-state index contributed by atoms with van der Waals surface area (Å²) >= 11 is 0. The molecule has 0 aliphatic heterocycles. The summed E-state index contributed by atoms with van der Waals surface area (Å²) in [6, 6.07) is 14.7. The molecule has 1 aliphatic rings. The van der Waals surface area contributed by atoms with Gasteiger partial charge in [0.25, 0.3) is 5.56 Å². The number of aromatic nitrogens is 1. The highest BCUT2D eigenvalue weighted by Crippen LogP contribution is 2.38. The number of hydrogen-bond acceptors (Lipinski definition) is 2. The van der Waals surface area contributed by atoms with E-state index in [1.54, 1.807) is 10.6 Å². The van der Waals surface area contributed by atoms with Crippen molar-refractivity contribution in [3.63, 3.8) is 0 Å². The fourth-order valence-electron chi connectivity index (χ4n) is 2.83. The standard InChI is InChI=1S/C17H20N2O/c1-2-19-12-15(8-9-17(19)20)18-16-10-14(11-16)13-6-4-3-5-7-13/h3-9,12,14,16,18H,2,10-11H2,1H3. The van der Waals surface area contributed by atoms with E-state index in [0.29, 0.717) is 18.5 Å². The van der Waals surface area contributed by atoms with E-state index < -0.39 is 0 Å². The molecule has 0 amide bonds. The minimum Gasteiger partial charge on any atom is -0.381 e. The molecule has 0 spiro atoms. The number of nitrogens with one attached hydrogen (secondary N) is 1. The molecule has 3 nitrogen and oxygen atoms in total. The summed E-state index contributed by atoms with van der Waals surface area (Å²) in [4.78, 5) is 11.5. The van der Waals surface area contributed by atoms with E-state index >= 15 is 0 Å². The number of anilines is 1. The van der Waals surface area contributed by atoms with Gasteiger partial charge < -0.3 is 9.88 Å². The maximum Gasteiger partial charge on any atom is 0.250 e. The Balaban J connectivity index is 1.60. The third-order valence-corrected chi connectivity index (χ3v) is 4.10. The van der Waals surface area contributed by atoms with Gasteiger partial charge in [-0.3, -0.25) is 4.79 Å². The predicted molar refractivity (Wildman–Crippen MR) is 82.2 cm³/mol. The van der Waals surface area contributed by atoms with Crippen LogP contribution in [0.2, 0.25) is 0 Å². The number of nitrogens with zero attached hydrogens (tertiary/aromatic N) is 1. The Labute approximate surface area is 119 Å². The first-order valence-corrected chi connectivity index (χ1v) is 7.28. The summed E-state index contributed by atoms with van der Waals surface area (Å²) in [7, 11) is 0. The van der Waals surface area contributed by atoms with Crippen molar-refractivity contribution >= 4 is 5.69 Å². The largest absolute Gasteiger partial charge is 0.381 e. The zero-order chi connectivity index (χ0) is 13.9. The van der Waals surface area contributed by atoms with Crippen molar-refractivity contribution in [3.05, 3.63) is 64.6 Å². The Morgan fingerprint density at radius 1 is 1.15 bits per heavy atom. The number of rotatable bonds is 4. The topological polar surface area (TPSA) is 34.0 Å². The Morgan fingerprint density at radius 2 is 1.90 bits per heavy atom. The van der Waals surface area contributed by atoms with Crippen LogP contribution in [-0.4, -0.2) is 10.6 Å². The predicted octanol–water partition coefficient (Wildman–Crippen LogP) is 3.23. The summed E-state index contributed by atoms with van der Waals surface area (Å²) in [5.41, 5.74) is 2.54. The third kappa shape index (κ3) is 2.62. The van der Waals surface area contributed by atoms with Crippen LogP contribution in [0.25, 0.3) is 0 Å². The van der Waals surface area contributed by atoms with E-state index in [4.69, 9.17) is 0 Å². The van der Waals surface area contributed by atoms with E-state index in [-0.39, 0.29) is 5.56 Å². The van der Waals surface area contributed by atoms with E-state index in [2.05, 4.69) is 35.6 Å². The zero-order valence-electron chi connectivity index (χ0n) is 11.8. The highest BCUT2D eigenvalue weighted by atomic mass is 16.1. The number of hydrogen-bond donors (Lipinski definition) is 1. The number of pyridine rings is 1. The van der Waals surface area contributed by atoms with Crippen LogP contribution in [0.5, 0.6) is 0 Å². The molecular formula is C17H20N2O. The average Bonchev–Trinajstić information content (AvgIpc) is 2.45. The molecule has 3 heteroatoms. The minimum atomic E-state index is 0.0637. The molecular weight excluding hydrogens is 248 g/mol. The van der Waals surface area contributed by atoms with Crippen LogP contribution in [0, 0.1) is 0 Å².